The molecule has 0 bridgehead atoms. The first kappa shape index (κ1) is 54.3. The molecule has 2 saturated heterocycles. The molecule has 2 fully saturated rings. The Hall–Kier alpha value is -8.45. The maximum absolute atomic E-state index is 14.3. The van der Waals surface area contributed by atoms with Gasteiger partial charge in [-0.3, -0.25) is 0 Å². The first-order valence-corrected chi connectivity index (χ1v) is 25.8. The predicted molar refractivity (Wildman–Crippen MR) is 281 cm³/mol. The largest absolute Gasteiger partial charge is 0.452 e. The van der Waals surface area contributed by atoms with Gasteiger partial charge >= 0.3 is 35.8 Å². The standard InChI is InChI=1S/C61H52O16S/c1-68-60-52(76-58(66)43-31-17-6-18-32-43)50(74-56(64)41-27-13-4-14-28-41)48(72-54(62)39-23-9-2-10-24-39)46(70-60)37-69-61-53(77-59(67)44-33-19-7-20-34-44)51(75-57(65)42-29-15-5-16-30-42)49(73-55(63)40-25-11-3-12-26-40)47(71-61)38-78-45-35-21-8-22-36-45/h2-36,46-53,60-61H,37-38H2,1H3/t46-,47-,48-,49-,50+,51+,52-,53-,60+,61-/m1/s1. The summed E-state index contributed by atoms with van der Waals surface area (Å²) in [5, 5.41) is 0. The van der Waals surface area contributed by atoms with E-state index in [-0.39, 0.29) is 39.1 Å². The average Bonchev–Trinajstić information content (AvgIpc) is 3.62. The van der Waals surface area contributed by atoms with Gasteiger partial charge in [0.2, 0.25) is 0 Å². The van der Waals surface area contributed by atoms with Crippen LogP contribution in [0.3, 0.4) is 0 Å². The highest BCUT2D eigenvalue weighted by atomic mass is 32.2. The van der Waals surface area contributed by atoms with Crippen LogP contribution in [0.25, 0.3) is 0 Å². The van der Waals surface area contributed by atoms with Crippen LogP contribution in [0.15, 0.2) is 217 Å². The second-order valence-electron chi connectivity index (χ2n) is 17.7. The minimum absolute atomic E-state index is 0.0598. The number of carbonyl (C=O) groups excluding carboxylic acids is 6. The number of hydrogen-bond acceptors (Lipinski definition) is 17. The van der Waals surface area contributed by atoms with Crippen molar-refractivity contribution in [1.82, 2.24) is 0 Å². The fraction of sp³-hybridized carbons (Fsp3) is 0.213. The van der Waals surface area contributed by atoms with Crippen LogP contribution in [-0.4, -0.2) is 117 Å². The summed E-state index contributed by atoms with van der Waals surface area (Å²) in [6.45, 7) is -0.623. The summed E-state index contributed by atoms with van der Waals surface area (Å²) in [5.41, 5.74) is 0.770. The Labute approximate surface area is 453 Å². The van der Waals surface area contributed by atoms with Crippen LogP contribution in [-0.2, 0) is 47.4 Å². The van der Waals surface area contributed by atoms with Gasteiger partial charge in [0.25, 0.3) is 0 Å². The molecule has 2 aliphatic rings. The summed E-state index contributed by atoms with van der Waals surface area (Å²) in [6, 6.07) is 57.6. The normalized spacial score (nSPS) is 22.6. The molecule has 78 heavy (non-hydrogen) atoms. The van der Waals surface area contributed by atoms with Crippen molar-refractivity contribution in [2.45, 2.75) is 66.3 Å². The van der Waals surface area contributed by atoms with Crippen LogP contribution in [0.4, 0.5) is 0 Å². The Kier molecular flexibility index (Phi) is 18.5. The molecule has 0 saturated carbocycles. The number of ether oxygens (including phenoxy) is 10. The predicted octanol–water partition coefficient (Wildman–Crippen LogP) is 9.25. The molecular formula is C61H52O16S. The summed E-state index contributed by atoms with van der Waals surface area (Å²) in [4.78, 5) is 85.8. The van der Waals surface area contributed by atoms with Gasteiger partial charge < -0.3 is 47.4 Å². The second-order valence-corrected chi connectivity index (χ2v) is 18.8. The van der Waals surface area contributed by atoms with Crippen LogP contribution >= 0.6 is 11.8 Å². The third-order valence-corrected chi connectivity index (χ3v) is 13.6. The fourth-order valence-corrected chi connectivity index (χ4v) is 9.61. The highest BCUT2D eigenvalue weighted by Gasteiger charge is 2.56. The molecule has 16 nitrogen and oxygen atoms in total. The Bertz CT molecular complexity index is 3080. The molecule has 9 rings (SSSR count). The van der Waals surface area contributed by atoms with E-state index in [2.05, 4.69) is 0 Å². The minimum Gasteiger partial charge on any atom is -0.452 e. The SMILES string of the molecule is CO[C@H]1O[C@H](CO[C@@H]2O[C@H](CSc3ccccc3)[C@@H](OC(=O)c3ccccc3)[C@H](OC(=O)c3ccccc3)[C@H]2OC(=O)c2ccccc2)[C@@H](OC(=O)c2ccccc2)[C@H](OC(=O)c2ccccc2)[C@H]1OC(=O)c1ccccc1. The Morgan fingerprint density at radius 1 is 0.346 bits per heavy atom. The summed E-state index contributed by atoms with van der Waals surface area (Å²) in [7, 11) is 1.28. The van der Waals surface area contributed by atoms with E-state index in [0.29, 0.717) is 0 Å². The molecule has 0 N–H and O–H groups in total. The van der Waals surface area contributed by atoms with Crippen LogP contribution in [0.2, 0.25) is 0 Å². The topological polar surface area (TPSA) is 195 Å². The lowest BCUT2D eigenvalue weighted by molar-refractivity contribution is -0.321. The fourth-order valence-electron chi connectivity index (χ4n) is 8.63. The van der Waals surface area contributed by atoms with Gasteiger partial charge in [0.15, 0.2) is 49.2 Å². The number of benzene rings is 7. The van der Waals surface area contributed by atoms with E-state index < -0.39 is 104 Å². The van der Waals surface area contributed by atoms with E-state index in [1.165, 1.54) is 79.5 Å². The number of thioether (sulfide) groups is 1. The van der Waals surface area contributed by atoms with Gasteiger partial charge in [0.1, 0.15) is 12.2 Å². The Balaban J connectivity index is 1.13. The van der Waals surface area contributed by atoms with Crippen molar-refractivity contribution in [2.75, 3.05) is 19.5 Å². The van der Waals surface area contributed by atoms with Crippen molar-refractivity contribution in [3.8, 4) is 0 Å². The summed E-state index contributed by atoms with van der Waals surface area (Å²) >= 11 is 1.34. The summed E-state index contributed by atoms with van der Waals surface area (Å²) in [6.07, 6.45) is -15.5. The zero-order valence-electron chi connectivity index (χ0n) is 41.8. The smallest absolute Gasteiger partial charge is 0.338 e. The zero-order chi connectivity index (χ0) is 54.2. The molecule has 7 aromatic carbocycles. The van der Waals surface area contributed by atoms with Crippen molar-refractivity contribution in [3.05, 3.63) is 246 Å². The molecule has 2 aliphatic heterocycles. The quantitative estimate of drug-likeness (QED) is 0.0422. The average molecular weight is 1070 g/mol. The summed E-state index contributed by atoms with van der Waals surface area (Å²) in [5.74, 6) is -5.08. The highest BCUT2D eigenvalue weighted by Crippen LogP contribution is 2.36. The van der Waals surface area contributed by atoms with E-state index >= 15 is 0 Å². The molecule has 17 heteroatoms. The van der Waals surface area contributed by atoms with Gasteiger partial charge in [-0.25, -0.2) is 28.8 Å². The Morgan fingerprint density at radius 2 is 0.615 bits per heavy atom. The third-order valence-electron chi connectivity index (χ3n) is 12.5. The molecule has 0 spiro atoms. The molecular weight excluding hydrogens is 1020 g/mol. The van der Waals surface area contributed by atoms with E-state index in [0.717, 1.165) is 4.90 Å². The molecule has 0 radical (unpaired) electrons. The molecule has 10 atom stereocenters. The number of rotatable bonds is 19. The lowest BCUT2D eigenvalue weighted by atomic mass is 9.97. The number of carbonyl (C=O) groups is 6. The first-order chi connectivity index (χ1) is 38.1. The number of hydrogen-bond donors (Lipinski definition) is 0. The minimum atomic E-state index is -1.71. The highest BCUT2D eigenvalue weighted by molar-refractivity contribution is 7.99. The van der Waals surface area contributed by atoms with E-state index in [1.807, 2.05) is 30.3 Å². The van der Waals surface area contributed by atoms with Crippen LogP contribution in [0.5, 0.6) is 0 Å². The maximum Gasteiger partial charge on any atom is 0.338 e. The van der Waals surface area contributed by atoms with E-state index in [1.54, 1.807) is 121 Å². The molecule has 7 aromatic rings. The van der Waals surface area contributed by atoms with Crippen LogP contribution < -0.4 is 0 Å². The van der Waals surface area contributed by atoms with Gasteiger partial charge in [-0.15, -0.1) is 11.8 Å². The third kappa shape index (κ3) is 13.7. The summed E-state index contributed by atoms with van der Waals surface area (Å²) < 4.78 is 63.3. The van der Waals surface area contributed by atoms with Crippen LogP contribution in [0.1, 0.15) is 62.1 Å². The van der Waals surface area contributed by atoms with Gasteiger partial charge in [-0.2, -0.15) is 0 Å². The number of methoxy groups -OCH3 is 1. The van der Waals surface area contributed by atoms with Crippen molar-refractivity contribution in [3.63, 3.8) is 0 Å². The first-order valence-electron chi connectivity index (χ1n) is 24.8. The molecule has 0 aliphatic carbocycles. The molecule has 2 heterocycles. The van der Waals surface area contributed by atoms with E-state index in [4.69, 9.17) is 47.4 Å². The zero-order valence-corrected chi connectivity index (χ0v) is 42.7. The lowest BCUT2D eigenvalue weighted by Crippen LogP contribution is -2.65. The van der Waals surface area contributed by atoms with Crippen molar-refractivity contribution >= 4 is 47.6 Å². The van der Waals surface area contributed by atoms with Crippen molar-refractivity contribution in [2.24, 2.45) is 0 Å². The van der Waals surface area contributed by atoms with Crippen molar-refractivity contribution < 1.29 is 76.1 Å². The lowest BCUT2D eigenvalue weighted by Gasteiger charge is -2.46. The Morgan fingerprint density at radius 3 is 0.949 bits per heavy atom. The van der Waals surface area contributed by atoms with Crippen LogP contribution in [0, 0.1) is 0 Å². The van der Waals surface area contributed by atoms with Gasteiger partial charge in [-0.05, 0) is 84.9 Å². The number of esters is 6. The van der Waals surface area contributed by atoms with Gasteiger partial charge in [-0.1, -0.05) is 127 Å². The van der Waals surface area contributed by atoms with E-state index in [9.17, 15) is 28.8 Å². The molecule has 0 aromatic heterocycles. The second kappa shape index (κ2) is 26.5. The van der Waals surface area contributed by atoms with Gasteiger partial charge in [0.05, 0.1) is 40.0 Å². The van der Waals surface area contributed by atoms with Crippen molar-refractivity contribution in [1.29, 1.82) is 0 Å². The molecule has 0 amide bonds. The molecule has 398 valence electrons. The molecule has 0 unspecified atom stereocenters. The van der Waals surface area contributed by atoms with Gasteiger partial charge in [0, 0.05) is 17.8 Å². The monoisotopic (exact) mass is 1070 g/mol. The maximum atomic E-state index is 14.3.